The smallest absolute Gasteiger partial charge is 0.232 e. The van der Waals surface area contributed by atoms with Crippen molar-refractivity contribution in [2.45, 2.75) is 39.8 Å². The van der Waals surface area contributed by atoms with E-state index in [1.807, 2.05) is 58.3 Å². The van der Waals surface area contributed by atoms with Gasteiger partial charge in [0.2, 0.25) is 11.8 Å². The van der Waals surface area contributed by atoms with Crippen molar-refractivity contribution in [1.82, 2.24) is 0 Å². The second-order valence-corrected chi connectivity index (χ2v) is 9.33. The summed E-state index contributed by atoms with van der Waals surface area (Å²) in [6, 6.07) is 14.7. The van der Waals surface area contributed by atoms with Gasteiger partial charge in [-0.05, 0) is 60.4 Å². The Hall–Kier alpha value is -3.02. The Morgan fingerprint density at radius 2 is 0.938 bits per heavy atom. The molecule has 2 aliphatic heterocycles. The van der Waals surface area contributed by atoms with E-state index in [-0.39, 0.29) is 47.6 Å². The van der Waals surface area contributed by atoms with Crippen LogP contribution in [0, 0.1) is 23.7 Å². The molecule has 4 atom stereocenters. The average molecular weight is 437 g/mol. The molecule has 0 aliphatic carbocycles. The summed E-state index contributed by atoms with van der Waals surface area (Å²) >= 11 is 0. The van der Waals surface area contributed by atoms with Crippen molar-refractivity contribution < 1.29 is 19.1 Å². The lowest BCUT2D eigenvalue weighted by Gasteiger charge is -2.29. The first-order chi connectivity index (χ1) is 15.3. The van der Waals surface area contributed by atoms with Crippen LogP contribution >= 0.6 is 0 Å². The number of nitrogens with zero attached hydrogens (tertiary/aromatic N) is 2. The number of ether oxygens (including phenoxy) is 2. The van der Waals surface area contributed by atoms with Crippen LogP contribution in [0.1, 0.15) is 27.7 Å². The summed E-state index contributed by atoms with van der Waals surface area (Å²) < 4.78 is 10.6. The number of carbonyl (C=O) groups is 2. The first-order valence-electron chi connectivity index (χ1n) is 11.2. The van der Waals surface area contributed by atoms with Gasteiger partial charge in [-0.2, -0.15) is 0 Å². The van der Waals surface area contributed by atoms with E-state index in [4.69, 9.17) is 9.47 Å². The number of anilines is 2. The average Bonchev–Trinajstić information content (AvgIpc) is 3.22. The summed E-state index contributed by atoms with van der Waals surface area (Å²) in [4.78, 5) is 31.4. The van der Waals surface area contributed by atoms with Crippen LogP contribution in [0.4, 0.5) is 11.4 Å². The van der Waals surface area contributed by atoms with Gasteiger partial charge in [0.15, 0.2) is 0 Å². The van der Waals surface area contributed by atoms with Crippen LogP contribution in [0.2, 0.25) is 0 Å². The van der Waals surface area contributed by atoms with Crippen LogP contribution in [0.15, 0.2) is 48.5 Å². The zero-order chi connectivity index (χ0) is 23.2. The van der Waals surface area contributed by atoms with Crippen molar-refractivity contribution in [3.63, 3.8) is 0 Å². The number of methoxy groups -OCH3 is 2. The molecule has 2 aliphatic rings. The van der Waals surface area contributed by atoms with Crippen molar-refractivity contribution in [2.24, 2.45) is 23.7 Å². The van der Waals surface area contributed by atoms with Gasteiger partial charge in [0.25, 0.3) is 0 Å². The van der Waals surface area contributed by atoms with Crippen molar-refractivity contribution in [3.8, 4) is 11.5 Å². The summed E-state index contributed by atoms with van der Waals surface area (Å²) in [5.74, 6) is 1.26. The van der Waals surface area contributed by atoms with Gasteiger partial charge in [-0.3, -0.25) is 9.59 Å². The molecular weight excluding hydrogens is 404 g/mol. The monoisotopic (exact) mass is 436 g/mol. The third kappa shape index (κ3) is 3.42. The molecule has 6 heteroatoms. The quantitative estimate of drug-likeness (QED) is 0.674. The standard InChI is InChI=1S/C26H32N2O4/c1-15(2)21-23-24(28(25(21)29)18-9-13-20(32-6)14-10-18)22(16(3)4)26(30)27(23)17-7-11-19(31-5)12-8-17/h7-16,21-24H,1-6H3/t21-,22-,23-,24-/m1/s1. The Balaban J connectivity index is 1.84. The molecule has 2 heterocycles. The van der Waals surface area contributed by atoms with E-state index in [1.165, 1.54) is 0 Å². The zero-order valence-electron chi connectivity index (χ0n) is 19.6. The molecular formula is C26H32N2O4. The minimum atomic E-state index is -0.281. The molecule has 0 unspecified atom stereocenters. The number of fused-ring (bicyclic) bond motifs is 1. The maximum absolute atomic E-state index is 13.8. The van der Waals surface area contributed by atoms with Gasteiger partial charge in [0.05, 0.1) is 38.1 Å². The molecule has 0 bridgehead atoms. The van der Waals surface area contributed by atoms with Crippen LogP contribution in [-0.2, 0) is 9.59 Å². The first kappa shape index (κ1) is 22.2. The van der Waals surface area contributed by atoms with Gasteiger partial charge < -0.3 is 19.3 Å². The SMILES string of the molecule is COc1ccc(N2C(=O)[C@H](C(C)C)[C@@H]3[C@H]2[C@@H](C(C)C)C(=O)N3c2ccc(OC)cc2)cc1. The highest BCUT2D eigenvalue weighted by Crippen LogP contribution is 2.48. The van der Waals surface area contributed by atoms with E-state index in [0.29, 0.717) is 0 Å². The van der Waals surface area contributed by atoms with Gasteiger partial charge in [-0.1, -0.05) is 27.7 Å². The van der Waals surface area contributed by atoms with Crippen LogP contribution in [-0.4, -0.2) is 38.1 Å². The lowest BCUT2D eigenvalue weighted by molar-refractivity contribution is -0.124. The van der Waals surface area contributed by atoms with Crippen LogP contribution in [0.5, 0.6) is 11.5 Å². The van der Waals surface area contributed by atoms with Gasteiger partial charge in [-0.15, -0.1) is 0 Å². The Morgan fingerprint density at radius 3 is 1.19 bits per heavy atom. The Labute approximate surface area is 190 Å². The number of hydrogen-bond donors (Lipinski definition) is 0. The number of hydrogen-bond acceptors (Lipinski definition) is 4. The number of carbonyl (C=O) groups excluding carboxylic acids is 2. The molecule has 2 aromatic rings. The number of benzene rings is 2. The molecule has 2 amide bonds. The van der Waals surface area contributed by atoms with E-state index in [9.17, 15) is 9.59 Å². The highest BCUT2D eigenvalue weighted by molar-refractivity contribution is 6.08. The summed E-state index contributed by atoms with van der Waals surface area (Å²) in [7, 11) is 3.25. The number of rotatable bonds is 6. The highest BCUT2D eigenvalue weighted by Gasteiger charge is 2.63. The summed E-state index contributed by atoms with van der Waals surface area (Å²) in [6.45, 7) is 8.26. The Morgan fingerprint density at radius 1 is 0.625 bits per heavy atom. The van der Waals surface area contributed by atoms with Crippen molar-refractivity contribution >= 4 is 23.2 Å². The minimum Gasteiger partial charge on any atom is -0.497 e. The van der Waals surface area contributed by atoms with E-state index < -0.39 is 0 Å². The maximum atomic E-state index is 13.8. The molecule has 2 fully saturated rings. The lowest BCUT2D eigenvalue weighted by atomic mass is 9.83. The fourth-order valence-electron chi connectivity index (χ4n) is 5.40. The van der Waals surface area contributed by atoms with Crippen LogP contribution in [0.3, 0.4) is 0 Å². The Kier molecular flexibility index (Phi) is 5.89. The lowest BCUT2D eigenvalue weighted by Crippen LogP contribution is -2.42. The highest BCUT2D eigenvalue weighted by atomic mass is 16.5. The fourth-order valence-corrected chi connectivity index (χ4v) is 5.40. The second kappa shape index (κ2) is 8.49. The van der Waals surface area contributed by atoms with E-state index in [0.717, 1.165) is 22.9 Å². The van der Waals surface area contributed by atoms with Crippen LogP contribution in [0.25, 0.3) is 0 Å². The van der Waals surface area contributed by atoms with E-state index in [2.05, 4.69) is 27.7 Å². The van der Waals surface area contributed by atoms with E-state index >= 15 is 0 Å². The largest absolute Gasteiger partial charge is 0.497 e. The molecule has 0 spiro atoms. The minimum absolute atomic E-state index is 0.0804. The maximum Gasteiger partial charge on any atom is 0.232 e. The van der Waals surface area contributed by atoms with Gasteiger partial charge in [-0.25, -0.2) is 0 Å². The summed E-state index contributed by atoms with van der Waals surface area (Å²) in [5.41, 5.74) is 1.62. The number of amides is 2. The third-order valence-corrected chi connectivity index (χ3v) is 6.86. The molecule has 0 radical (unpaired) electrons. The molecule has 0 saturated carbocycles. The third-order valence-electron chi connectivity index (χ3n) is 6.86. The molecule has 2 saturated heterocycles. The molecule has 4 rings (SSSR count). The molecule has 0 aromatic heterocycles. The molecule has 0 N–H and O–H groups in total. The predicted molar refractivity (Wildman–Crippen MR) is 125 cm³/mol. The normalized spacial score (nSPS) is 25.1. The van der Waals surface area contributed by atoms with Crippen molar-refractivity contribution in [1.29, 1.82) is 0 Å². The zero-order valence-corrected chi connectivity index (χ0v) is 19.6. The van der Waals surface area contributed by atoms with Crippen LogP contribution < -0.4 is 19.3 Å². The molecule has 2 aromatic carbocycles. The topological polar surface area (TPSA) is 59.1 Å². The van der Waals surface area contributed by atoms with Crippen molar-refractivity contribution in [3.05, 3.63) is 48.5 Å². The van der Waals surface area contributed by atoms with E-state index in [1.54, 1.807) is 14.2 Å². The summed E-state index contributed by atoms with van der Waals surface area (Å²) in [5, 5.41) is 0. The molecule has 6 nitrogen and oxygen atoms in total. The fraction of sp³-hybridized carbons (Fsp3) is 0.462. The molecule has 32 heavy (non-hydrogen) atoms. The summed E-state index contributed by atoms with van der Waals surface area (Å²) in [6.07, 6.45) is 0. The predicted octanol–water partition coefficient (Wildman–Crippen LogP) is 4.38. The van der Waals surface area contributed by atoms with Crippen molar-refractivity contribution in [2.75, 3.05) is 24.0 Å². The van der Waals surface area contributed by atoms with Gasteiger partial charge >= 0.3 is 0 Å². The Bertz CT molecular complexity index is 902. The molecule has 170 valence electrons. The van der Waals surface area contributed by atoms with Gasteiger partial charge in [0.1, 0.15) is 11.5 Å². The second-order valence-electron chi connectivity index (χ2n) is 9.33. The van der Waals surface area contributed by atoms with Gasteiger partial charge in [0, 0.05) is 11.4 Å². The first-order valence-corrected chi connectivity index (χ1v) is 11.2.